The lowest BCUT2D eigenvalue weighted by molar-refractivity contribution is 0.240. The molecule has 0 saturated carbocycles. The van der Waals surface area contributed by atoms with Gasteiger partial charge in [0.15, 0.2) is 0 Å². The molecular formula is C22H25N. The molecule has 1 aliphatic heterocycles. The summed E-state index contributed by atoms with van der Waals surface area (Å²) in [6.45, 7) is 9.96. The van der Waals surface area contributed by atoms with Crippen LogP contribution in [0.25, 0.3) is 6.08 Å². The van der Waals surface area contributed by atoms with E-state index in [1.54, 1.807) is 11.1 Å². The first-order valence-electron chi connectivity index (χ1n) is 8.70. The third-order valence-electron chi connectivity index (χ3n) is 5.91. The molecule has 4 rings (SSSR count). The third-order valence-corrected chi connectivity index (χ3v) is 5.91. The second-order valence-corrected chi connectivity index (χ2v) is 7.48. The molecule has 2 atom stereocenters. The van der Waals surface area contributed by atoms with Crippen molar-refractivity contribution in [3.63, 3.8) is 0 Å². The summed E-state index contributed by atoms with van der Waals surface area (Å²) < 4.78 is 0. The van der Waals surface area contributed by atoms with Crippen molar-refractivity contribution in [2.24, 2.45) is 5.41 Å². The van der Waals surface area contributed by atoms with Crippen molar-refractivity contribution < 1.29 is 0 Å². The predicted octanol–water partition coefficient (Wildman–Crippen LogP) is 4.88. The van der Waals surface area contributed by atoms with Crippen molar-refractivity contribution >= 4 is 6.08 Å². The highest BCUT2D eigenvalue weighted by Gasteiger charge is 2.46. The highest BCUT2D eigenvalue weighted by Crippen LogP contribution is 2.51. The maximum atomic E-state index is 4.00. The first-order valence-corrected chi connectivity index (χ1v) is 8.70. The minimum atomic E-state index is 0.418. The normalized spacial score (nSPS) is 26.6. The largest absolute Gasteiger partial charge is 0.298 e. The van der Waals surface area contributed by atoms with Gasteiger partial charge < -0.3 is 0 Å². The molecule has 2 unspecified atom stereocenters. The molecule has 23 heavy (non-hydrogen) atoms. The first-order chi connectivity index (χ1) is 11.2. The highest BCUT2D eigenvalue weighted by molar-refractivity contribution is 5.56. The average molecular weight is 303 g/mol. The van der Waals surface area contributed by atoms with Gasteiger partial charge in [0.25, 0.3) is 0 Å². The number of benzene rings is 2. The van der Waals surface area contributed by atoms with E-state index in [2.05, 4.69) is 66.9 Å². The molecule has 118 valence electrons. The summed E-state index contributed by atoms with van der Waals surface area (Å²) in [4.78, 5) is 2.65. The Hall–Kier alpha value is -1.86. The average Bonchev–Trinajstić information content (AvgIpc) is 2.91. The second kappa shape index (κ2) is 5.65. The molecule has 0 amide bonds. The van der Waals surface area contributed by atoms with Gasteiger partial charge in [0.2, 0.25) is 0 Å². The van der Waals surface area contributed by atoms with E-state index in [0.29, 0.717) is 11.3 Å². The molecule has 0 aromatic heterocycles. The van der Waals surface area contributed by atoms with Gasteiger partial charge in [-0.05, 0) is 40.5 Å². The molecule has 2 aromatic carbocycles. The quantitative estimate of drug-likeness (QED) is 0.781. The molecule has 1 nitrogen and oxygen atoms in total. The number of fused-ring (bicyclic) bond motifs is 3. The van der Waals surface area contributed by atoms with Gasteiger partial charge in [0.1, 0.15) is 0 Å². The summed E-state index contributed by atoms with van der Waals surface area (Å²) in [7, 11) is 0. The number of nitrogens with zero attached hydrogens (tertiary/aromatic N) is 1. The van der Waals surface area contributed by atoms with Gasteiger partial charge in [-0.25, -0.2) is 0 Å². The molecule has 0 bridgehead atoms. The Kier molecular flexibility index (Phi) is 3.61. The van der Waals surface area contributed by atoms with E-state index < -0.39 is 0 Å². The fraction of sp³-hybridized carbons (Fsp3) is 0.364. The van der Waals surface area contributed by atoms with E-state index >= 15 is 0 Å². The molecule has 1 fully saturated rings. The van der Waals surface area contributed by atoms with Crippen LogP contribution in [0.15, 0.2) is 55.1 Å². The van der Waals surface area contributed by atoms with Gasteiger partial charge in [-0.1, -0.05) is 68.1 Å². The Morgan fingerprint density at radius 1 is 1.17 bits per heavy atom. The standard InChI is InChI=1S/C22H25N/c1-3-18-10-7-11-20-19(18)12-13-22(2)16-23(15-21(20)22)14-17-8-5-4-6-9-17/h3-11,21H,1,12-16H2,2H3. The van der Waals surface area contributed by atoms with Crippen LogP contribution in [0.1, 0.15) is 41.5 Å². The molecular weight excluding hydrogens is 278 g/mol. The van der Waals surface area contributed by atoms with Gasteiger partial charge in [-0.2, -0.15) is 0 Å². The SMILES string of the molecule is C=Cc1cccc2c1CCC1(C)CN(Cc3ccccc3)CC21. The minimum absolute atomic E-state index is 0.418. The second-order valence-electron chi connectivity index (χ2n) is 7.48. The predicted molar refractivity (Wildman–Crippen MR) is 97.4 cm³/mol. The summed E-state index contributed by atoms with van der Waals surface area (Å²) in [6, 6.07) is 17.7. The van der Waals surface area contributed by atoms with E-state index in [1.807, 2.05) is 6.08 Å². The van der Waals surface area contributed by atoms with E-state index in [1.165, 1.54) is 37.1 Å². The van der Waals surface area contributed by atoms with Crippen LogP contribution in [-0.2, 0) is 13.0 Å². The van der Waals surface area contributed by atoms with Crippen molar-refractivity contribution in [1.29, 1.82) is 0 Å². The van der Waals surface area contributed by atoms with E-state index in [4.69, 9.17) is 0 Å². The van der Waals surface area contributed by atoms with Crippen LogP contribution in [-0.4, -0.2) is 18.0 Å². The van der Waals surface area contributed by atoms with Crippen LogP contribution in [0.4, 0.5) is 0 Å². The van der Waals surface area contributed by atoms with Crippen molar-refractivity contribution in [1.82, 2.24) is 4.90 Å². The Labute approximate surface area is 139 Å². The van der Waals surface area contributed by atoms with E-state index in [9.17, 15) is 0 Å². The summed E-state index contributed by atoms with van der Waals surface area (Å²) in [5.74, 6) is 0.662. The van der Waals surface area contributed by atoms with Crippen LogP contribution in [0.2, 0.25) is 0 Å². The Bertz CT molecular complexity index is 718. The summed E-state index contributed by atoms with van der Waals surface area (Å²) in [5, 5.41) is 0. The van der Waals surface area contributed by atoms with Crippen LogP contribution < -0.4 is 0 Å². The molecule has 0 N–H and O–H groups in total. The maximum absolute atomic E-state index is 4.00. The fourth-order valence-electron chi connectivity index (χ4n) is 4.69. The molecule has 2 aromatic rings. The number of likely N-dealkylation sites (tertiary alicyclic amines) is 1. The smallest absolute Gasteiger partial charge is 0.0234 e. The summed E-state index contributed by atoms with van der Waals surface area (Å²) in [5.41, 5.74) is 6.31. The fourth-order valence-corrected chi connectivity index (χ4v) is 4.69. The Balaban J connectivity index is 1.63. The lowest BCUT2D eigenvalue weighted by atomic mass is 9.66. The monoisotopic (exact) mass is 303 g/mol. The number of hydrogen-bond donors (Lipinski definition) is 0. The lowest BCUT2D eigenvalue weighted by Crippen LogP contribution is -2.31. The molecule has 1 saturated heterocycles. The van der Waals surface area contributed by atoms with Crippen molar-refractivity contribution in [3.05, 3.63) is 77.4 Å². The summed E-state index contributed by atoms with van der Waals surface area (Å²) >= 11 is 0. The number of rotatable bonds is 3. The molecule has 2 aliphatic rings. The lowest BCUT2D eigenvalue weighted by Gasteiger charge is -2.37. The van der Waals surface area contributed by atoms with Gasteiger partial charge in [0, 0.05) is 25.6 Å². The van der Waals surface area contributed by atoms with Crippen molar-refractivity contribution in [2.75, 3.05) is 13.1 Å². The van der Waals surface area contributed by atoms with E-state index in [-0.39, 0.29) is 0 Å². The van der Waals surface area contributed by atoms with Gasteiger partial charge >= 0.3 is 0 Å². The topological polar surface area (TPSA) is 3.24 Å². The minimum Gasteiger partial charge on any atom is -0.298 e. The summed E-state index contributed by atoms with van der Waals surface area (Å²) in [6.07, 6.45) is 4.52. The zero-order valence-corrected chi connectivity index (χ0v) is 14.0. The van der Waals surface area contributed by atoms with E-state index in [0.717, 1.165) is 6.54 Å². The zero-order valence-electron chi connectivity index (χ0n) is 14.0. The Morgan fingerprint density at radius 3 is 2.78 bits per heavy atom. The highest BCUT2D eigenvalue weighted by atomic mass is 15.2. The third kappa shape index (κ3) is 2.53. The van der Waals surface area contributed by atoms with Gasteiger partial charge in [0.05, 0.1) is 0 Å². The molecule has 0 radical (unpaired) electrons. The van der Waals surface area contributed by atoms with Crippen LogP contribution in [0.3, 0.4) is 0 Å². The van der Waals surface area contributed by atoms with Crippen LogP contribution in [0, 0.1) is 5.41 Å². The van der Waals surface area contributed by atoms with Crippen molar-refractivity contribution in [3.8, 4) is 0 Å². The maximum Gasteiger partial charge on any atom is 0.0234 e. The molecule has 0 spiro atoms. The van der Waals surface area contributed by atoms with Crippen LogP contribution >= 0.6 is 0 Å². The molecule has 1 heteroatoms. The van der Waals surface area contributed by atoms with Gasteiger partial charge in [-0.3, -0.25) is 4.90 Å². The zero-order chi connectivity index (χ0) is 15.9. The Morgan fingerprint density at radius 2 is 2.00 bits per heavy atom. The van der Waals surface area contributed by atoms with Crippen LogP contribution in [0.5, 0.6) is 0 Å². The van der Waals surface area contributed by atoms with Gasteiger partial charge in [-0.15, -0.1) is 0 Å². The first kappa shape index (κ1) is 14.7. The molecule has 1 aliphatic carbocycles. The number of hydrogen-bond acceptors (Lipinski definition) is 1. The van der Waals surface area contributed by atoms with Crippen molar-refractivity contribution in [2.45, 2.75) is 32.2 Å². The molecule has 1 heterocycles.